The molecule has 2 heteroatoms. The van der Waals surface area contributed by atoms with Crippen molar-refractivity contribution in [2.45, 2.75) is 12.5 Å². The molecule has 0 saturated carbocycles. The maximum Gasteiger partial charge on any atom is 0.119 e. The predicted molar refractivity (Wildman–Crippen MR) is 127 cm³/mol. The maximum absolute atomic E-state index is 9.77. The summed E-state index contributed by atoms with van der Waals surface area (Å²) in [6.07, 6.45) is 1.91. The minimum absolute atomic E-state index is 0.00810. The molecule has 154 valence electrons. The average Bonchev–Trinajstić information content (AvgIpc) is 2.85. The molecule has 0 radical (unpaired) electrons. The zero-order chi connectivity index (χ0) is 21.3. The fourth-order valence-corrected chi connectivity index (χ4v) is 3.83. The van der Waals surface area contributed by atoms with Gasteiger partial charge in [-0.15, -0.1) is 0 Å². The van der Waals surface area contributed by atoms with E-state index in [2.05, 4.69) is 60.7 Å². The third kappa shape index (κ3) is 5.30. The number of ether oxygens (including phenoxy) is 1. The lowest BCUT2D eigenvalue weighted by Crippen LogP contribution is -2.06. The Morgan fingerprint density at radius 1 is 0.677 bits per heavy atom. The first-order valence-electron chi connectivity index (χ1n) is 10.5. The fourth-order valence-electron chi connectivity index (χ4n) is 3.83. The summed E-state index contributed by atoms with van der Waals surface area (Å²) in [7, 11) is 0. The van der Waals surface area contributed by atoms with Gasteiger partial charge in [-0.3, -0.25) is 0 Å². The van der Waals surface area contributed by atoms with E-state index in [1.165, 1.54) is 5.56 Å². The van der Waals surface area contributed by atoms with Crippen LogP contribution in [0.1, 0.15) is 28.2 Å². The zero-order valence-corrected chi connectivity index (χ0v) is 17.4. The molecule has 4 aromatic carbocycles. The van der Waals surface area contributed by atoms with E-state index >= 15 is 0 Å². The zero-order valence-electron chi connectivity index (χ0n) is 17.4. The average molecular weight is 407 g/mol. The van der Waals surface area contributed by atoms with Gasteiger partial charge < -0.3 is 9.84 Å². The van der Waals surface area contributed by atoms with E-state index in [0.29, 0.717) is 6.61 Å². The molecule has 1 unspecified atom stereocenters. The van der Waals surface area contributed by atoms with Crippen molar-refractivity contribution < 1.29 is 9.84 Å². The Morgan fingerprint density at radius 3 is 1.84 bits per heavy atom. The van der Waals surface area contributed by atoms with Crippen molar-refractivity contribution in [2.75, 3.05) is 6.61 Å². The molecule has 4 aromatic rings. The second-order valence-electron chi connectivity index (χ2n) is 7.40. The summed E-state index contributed by atoms with van der Waals surface area (Å²) in [5.41, 5.74) is 5.68. The van der Waals surface area contributed by atoms with E-state index in [9.17, 15) is 5.11 Å². The van der Waals surface area contributed by atoms with Gasteiger partial charge >= 0.3 is 0 Å². The topological polar surface area (TPSA) is 29.5 Å². The van der Waals surface area contributed by atoms with Crippen LogP contribution in [-0.4, -0.2) is 11.7 Å². The van der Waals surface area contributed by atoms with E-state index in [1.54, 1.807) is 0 Å². The van der Waals surface area contributed by atoms with Gasteiger partial charge in [-0.2, -0.15) is 0 Å². The van der Waals surface area contributed by atoms with Crippen LogP contribution in [0.5, 0.6) is 5.75 Å². The summed E-state index contributed by atoms with van der Waals surface area (Å²) in [5, 5.41) is 9.77. The summed E-state index contributed by atoms with van der Waals surface area (Å²) < 4.78 is 5.97. The SMILES string of the molecule is OC/C=C(/c1ccccc1)C(c1ccccc1)c1ccc(OCc2ccccc2)cc1. The Morgan fingerprint density at radius 2 is 1.23 bits per heavy atom. The third-order valence-corrected chi connectivity index (χ3v) is 5.32. The van der Waals surface area contributed by atoms with Crippen molar-refractivity contribution in [3.63, 3.8) is 0 Å². The quantitative estimate of drug-likeness (QED) is 0.363. The maximum atomic E-state index is 9.77. The highest BCUT2D eigenvalue weighted by atomic mass is 16.5. The van der Waals surface area contributed by atoms with Crippen LogP contribution < -0.4 is 4.74 Å². The smallest absolute Gasteiger partial charge is 0.119 e. The Hall–Kier alpha value is -3.62. The van der Waals surface area contributed by atoms with Crippen molar-refractivity contribution in [1.82, 2.24) is 0 Å². The molecule has 4 rings (SSSR count). The van der Waals surface area contributed by atoms with E-state index in [1.807, 2.05) is 60.7 Å². The molecule has 1 N–H and O–H groups in total. The first-order valence-corrected chi connectivity index (χ1v) is 10.5. The molecule has 0 aliphatic rings. The lowest BCUT2D eigenvalue weighted by molar-refractivity contribution is 0.306. The summed E-state index contributed by atoms with van der Waals surface area (Å²) in [4.78, 5) is 0. The number of aliphatic hydroxyl groups is 1. The number of rotatable bonds is 8. The number of allylic oxidation sites excluding steroid dienone is 1. The lowest BCUT2D eigenvalue weighted by Gasteiger charge is -2.23. The largest absolute Gasteiger partial charge is 0.489 e. The molecule has 0 aromatic heterocycles. The molecule has 0 bridgehead atoms. The molecule has 0 amide bonds. The van der Waals surface area contributed by atoms with Crippen LogP contribution in [0.3, 0.4) is 0 Å². The molecule has 2 nitrogen and oxygen atoms in total. The first-order chi connectivity index (χ1) is 15.3. The first kappa shape index (κ1) is 20.6. The van der Waals surface area contributed by atoms with Crippen LogP contribution in [0.4, 0.5) is 0 Å². The summed E-state index contributed by atoms with van der Waals surface area (Å²) in [6, 6.07) is 39.1. The third-order valence-electron chi connectivity index (χ3n) is 5.32. The fraction of sp³-hybridized carbons (Fsp3) is 0.103. The Balaban J connectivity index is 1.65. The number of aliphatic hydroxyl groups excluding tert-OH is 1. The van der Waals surface area contributed by atoms with E-state index < -0.39 is 0 Å². The number of hydrogen-bond acceptors (Lipinski definition) is 2. The van der Waals surface area contributed by atoms with Gasteiger partial charge in [-0.05, 0) is 40.0 Å². The van der Waals surface area contributed by atoms with Gasteiger partial charge in [-0.25, -0.2) is 0 Å². The van der Waals surface area contributed by atoms with Gasteiger partial charge in [0.1, 0.15) is 12.4 Å². The van der Waals surface area contributed by atoms with Crippen molar-refractivity contribution >= 4 is 5.57 Å². The van der Waals surface area contributed by atoms with Gasteiger partial charge in [-0.1, -0.05) is 109 Å². The van der Waals surface area contributed by atoms with E-state index in [0.717, 1.165) is 28.0 Å². The molecule has 31 heavy (non-hydrogen) atoms. The Kier molecular flexibility index (Phi) is 6.94. The predicted octanol–water partition coefficient (Wildman–Crippen LogP) is 6.47. The van der Waals surface area contributed by atoms with Crippen molar-refractivity contribution in [2.24, 2.45) is 0 Å². The standard InChI is InChI=1S/C29H26O2/c30-21-20-28(24-12-6-2-7-13-24)29(25-14-8-3-9-15-25)26-16-18-27(19-17-26)31-22-23-10-4-1-5-11-23/h1-20,29-30H,21-22H2/b28-20-. The summed E-state index contributed by atoms with van der Waals surface area (Å²) >= 11 is 0. The van der Waals surface area contributed by atoms with Crippen LogP contribution in [0.25, 0.3) is 5.57 Å². The highest BCUT2D eigenvalue weighted by Gasteiger charge is 2.20. The van der Waals surface area contributed by atoms with Crippen molar-refractivity contribution in [3.8, 4) is 5.75 Å². The second kappa shape index (κ2) is 10.4. The molecular weight excluding hydrogens is 380 g/mol. The molecule has 0 aliphatic carbocycles. The minimum atomic E-state index is -0.00810. The molecule has 0 saturated heterocycles. The second-order valence-corrected chi connectivity index (χ2v) is 7.40. The van der Waals surface area contributed by atoms with Gasteiger partial charge in [0, 0.05) is 5.92 Å². The highest BCUT2D eigenvalue weighted by Crippen LogP contribution is 2.38. The number of hydrogen-bond donors (Lipinski definition) is 1. The minimum Gasteiger partial charge on any atom is -0.489 e. The van der Waals surface area contributed by atoms with Crippen molar-refractivity contribution in [1.29, 1.82) is 0 Å². The summed E-state index contributed by atoms with van der Waals surface area (Å²) in [5.74, 6) is 0.853. The molecule has 0 fully saturated rings. The molecule has 0 spiro atoms. The van der Waals surface area contributed by atoms with Gasteiger partial charge in [0.15, 0.2) is 0 Å². The Labute approximate surface area is 184 Å². The van der Waals surface area contributed by atoms with Gasteiger partial charge in [0.05, 0.1) is 6.61 Å². The van der Waals surface area contributed by atoms with Crippen LogP contribution in [-0.2, 0) is 6.61 Å². The summed E-state index contributed by atoms with van der Waals surface area (Å²) in [6.45, 7) is 0.536. The molecule has 0 aliphatic heterocycles. The Bertz CT molecular complexity index is 1090. The normalized spacial score (nSPS) is 12.4. The van der Waals surface area contributed by atoms with Crippen LogP contribution in [0.2, 0.25) is 0 Å². The van der Waals surface area contributed by atoms with Gasteiger partial charge in [0.25, 0.3) is 0 Å². The van der Waals surface area contributed by atoms with Gasteiger partial charge in [0.2, 0.25) is 0 Å². The van der Waals surface area contributed by atoms with Crippen LogP contribution >= 0.6 is 0 Å². The van der Waals surface area contributed by atoms with E-state index in [4.69, 9.17) is 4.74 Å². The highest BCUT2D eigenvalue weighted by molar-refractivity contribution is 5.75. The van der Waals surface area contributed by atoms with Crippen molar-refractivity contribution in [3.05, 3.63) is 144 Å². The number of benzene rings is 4. The van der Waals surface area contributed by atoms with E-state index in [-0.39, 0.29) is 12.5 Å². The lowest BCUT2D eigenvalue weighted by atomic mass is 9.81. The molecule has 1 atom stereocenters. The van der Waals surface area contributed by atoms with Crippen LogP contribution in [0.15, 0.2) is 121 Å². The van der Waals surface area contributed by atoms with Crippen LogP contribution in [0, 0.1) is 0 Å². The molecular formula is C29H26O2. The monoisotopic (exact) mass is 406 g/mol. The molecule has 0 heterocycles.